The fraction of sp³-hybridized carbons (Fsp3) is 0.455. The van der Waals surface area contributed by atoms with Crippen LogP contribution in [0.5, 0.6) is 0 Å². The van der Waals surface area contributed by atoms with Crippen molar-refractivity contribution in [2.45, 2.75) is 23.1 Å². The monoisotopic (exact) mass is 318 g/mol. The van der Waals surface area contributed by atoms with E-state index in [0.717, 1.165) is 11.3 Å². The smallest absolute Gasteiger partial charge is 0.326 e. The van der Waals surface area contributed by atoms with E-state index in [1.165, 1.54) is 11.0 Å². The summed E-state index contributed by atoms with van der Waals surface area (Å²) >= 11 is 1.05. The number of nitrogens with one attached hydrogen (secondary N) is 1. The van der Waals surface area contributed by atoms with E-state index in [1.54, 1.807) is 11.4 Å². The summed E-state index contributed by atoms with van der Waals surface area (Å²) in [5.41, 5.74) is 0. The maximum absolute atomic E-state index is 11.9. The molecule has 0 saturated carbocycles. The molecule has 2 N–H and O–H groups in total. The molecule has 20 heavy (non-hydrogen) atoms. The number of carboxylic acid groups (broad SMARTS) is 1. The number of carbonyl (C=O) groups is 2. The third kappa shape index (κ3) is 3.17. The highest BCUT2D eigenvalue weighted by Crippen LogP contribution is 2.18. The normalized spacial score (nSPS) is 19.2. The maximum atomic E-state index is 11.9. The lowest BCUT2D eigenvalue weighted by Crippen LogP contribution is -2.45. The van der Waals surface area contributed by atoms with Gasteiger partial charge >= 0.3 is 5.97 Å². The number of aliphatic carboxylic acids is 1. The van der Waals surface area contributed by atoms with Gasteiger partial charge < -0.3 is 10.0 Å². The lowest BCUT2D eigenvalue weighted by Gasteiger charge is -2.21. The first kappa shape index (κ1) is 14.9. The Kier molecular flexibility index (Phi) is 4.41. The Morgan fingerprint density at radius 2 is 2.25 bits per heavy atom. The number of nitrogens with zero attached hydrogens (tertiary/aromatic N) is 1. The van der Waals surface area contributed by atoms with Crippen LogP contribution in [0.25, 0.3) is 0 Å². The molecule has 1 amide bonds. The molecule has 0 unspecified atom stereocenters. The Bertz CT molecular complexity index is 596. The van der Waals surface area contributed by atoms with E-state index in [1.807, 2.05) is 0 Å². The fourth-order valence-electron chi connectivity index (χ4n) is 2.07. The molecule has 2 heterocycles. The minimum absolute atomic E-state index is 0.126. The van der Waals surface area contributed by atoms with Crippen LogP contribution in [-0.4, -0.2) is 49.4 Å². The van der Waals surface area contributed by atoms with Crippen LogP contribution in [0.3, 0.4) is 0 Å². The van der Waals surface area contributed by atoms with Gasteiger partial charge in [-0.3, -0.25) is 4.79 Å². The van der Waals surface area contributed by atoms with Gasteiger partial charge in [0.05, 0.1) is 6.54 Å². The van der Waals surface area contributed by atoms with Crippen molar-refractivity contribution in [1.29, 1.82) is 0 Å². The summed E-state index contributed by atoms with van der Waals surface area (Å²) in [6.45, 7) is -0.0828. The van der Waals surface area contributed by atoms with Crippen molar-refractivity contribution in [1.82, 2.24) is 9.62 Å². The van der Waals surface area contributed by atoms with E-state index < -0.39 is 34.5 Å². The minimum atomic E-state index is -3.71. The van der Waals surface area contributed by atoms with Gasteiger partial charge in [0.1, 0.15) is 10.3 Å². The molecule has 1 fully saturated rings. The van der Waals surface area contributed by atoms with Gasteiger partial charge in [-0.15, -0.1) is 11.3 Å². The van der Waals surface area contributed by atoms with Crippen molar-refractivity contribution in [3.05, 3.63) is 17.5 Å². The van der Waals surface area contributed by atoms with E-state index in [0.29, 0.717) is 19.4 Å². The Morgan fingerprint density at radius 1 is 1.50 bits per heavy atom. The number of sulfonamides is 1. The van der Waals surface area contributed by atoms with E-state index in [-0.39, 0.29) is 4.21 Å². The molecule has 0 bridgehead atoms. The summed E-state index contributed by atoms with van der Waals surface area (Å²) in [7, 11) is -3.71. The molecular formula is C11H14N2O5S2. The Hall–Kier alpha value is -1.45. The molecule has 9 heteroatoms. The average molecular weight is 318 g/mol. The predicted molar refractivity (Wildman–Crippen MR) is 71.9 cm³/mol. The molecule has 110 valence electrons. The highest BCUT2D eigenvalue weighted by Gasteiger charge is 2.34. The summed E-state index contributed by atoms with van der Waals surface area (Å²) in [5, 5.41) is 10.6. The highest BCUT2D eigenvalue weighted by atomic mass is 32.2. The number of thiophene rings is 1. The van der Waals surface area contributed by atoms with Crippen LogP contribution >= 0.6 is 11.3 Å². The highest BCUT2D eigenvalue weighted by molar-refractivity contribution is 7.91. The number of amides is 1. The van der Waals surface area contributed by atoms with E-state index in [4.69, 9.17) is 5.11 Å². The lowest BCUT2D eigenvalue weighted by molar-refractivity contribution is -0.147. The second-order valence-corrected chi connectivity index (χ2v) is 7.28. The zero-order chi connectivity index (χ0) is 14.8. The summed E-state index contributed by atoms with van der Waals surface area (Å²) in [5.74, 6) is -1.58. The summed E-state index contributed by atoms with van der Waals surface area (Å²) in [4.78, 5) is 24.1. The zero-order valence-corrected chi connectivity index (χ0v) is 12.1. The zero-order valence-electron chi connectivity index (χ0n) is 10.5. The molecule has 0 radical (unpaired) electrons. The van der Waals surface area contributed by atoms with Gasteiger partial charge in [0.15, 0.2) is 0 Å². The van der Waals surface area contributed by atoms with Crippen molar-refractivity contribution in [3.63, 3.8) is 0 Å². The van der Waals surface area contributed by atoms with E-state index in [2.05, 4.69) is 4.72 Å². The second kappa shape index (κ2) is 5.90. The number of likely N-dealkylation sites (tertiary alicyclic amines) is 1. The largest absolute Gasteiger partial charge is 0.480 e. The fourth-order valence-corrected chi connectivity index (χ4v) is 4.08. The summed E-state index contributed by atoms with van der Waals surface area (Å²) in [6, 6.07) is 2.18. The Balaban J connectivity index is 1.97. The molecule has 2 rings (SSSR count). The molecule has 1 aliphatic rings. The molecule has 1 atom stereocenters. The Morgan fingerprint density at radius 3 is 2.85 bits per heavy atom. The number of carboxylic acids is 1. The van der Waals surface area contributed by atoms with Crippen molar-refractivity contribution in [2.24, 2.45) is 0 Å². The first-order chi connectivity index (χ1) is 9.42. The van der Waals surface area contributed by atoms with Gasteiger partial charge in [0, 0.05) is 6.54 Å². The maximum Gasteiger partial charge on any atom is 0.326 e. The molecule has 0 aromatic carbocycles. The second-order valence-electron chi connectivity index (χ2n) is 4.34. The van der Waals surface area contributed by atoms with Gasteiger partial charge in [-0.25, -0.2) is 17.9 Å². The number of hydrogen-bond donors (Lipinski definition) is 2. The molecule has 0 aliphatic carbocycles. The molecule has 1 saturated heterocycles. The standard InChI is InChI=1S/C11H14N2O5S2/c14-9(13-5-1-3-8(13)11(15)16)7-12-20(17,18)10-4-2-6-19-10/h2,4,6,8,12H,1,3,5,7H2,(H,15,16)/t8-/m0/s1. The van der Waals surface area contributed by atoms with Gasteiger partial charge in [0.25, 0.3) is 10.0 Å². The molecule has 1 aliphatic heterocycles. The van der Waals surface area contributed by atoms with Gasteiger partial charge in [-0.2, -0.15) is 0 Å². The van der Waals surface area contributed by atoms with Crippen molar-refractivity contribution in [2.75, 3.05) is 13.1 Å². The lowest BCUT2D eigenvalue weighted by atomic mass is 10.2. The van der Waals surface area contributed by atoms with Crippen molar-refractivity contribution in [3.8, 4) is 0 Å². The summed E-state index contributed by atoms with van der Waals surface area (Å²) < 4.78 is 26.0. The number of carbonyl (C=O) groups excluding carboxylic acids is 1. The van der Waals surface area contributed by atoms with E-state index >= 15 is 0 Å². The van der Waals surface area contributed by atoms with Crippen LogP contribution in [0.2, 0.25) is 0 Å². The van der Waals surface area contributed by atoms with Gasteiger partial charge in [-0.05, 0) is 24.3 Å². The third-order valence-electron chi connectivity index (χ3n) is 3.03. The third-order valence-corrected chi connectivity index (χ3v) is 5.83. The van der Waals surface area contributed by atoms with Gasteiger partial charge in [-0.1, -0.05) is 6.07 Å². The predicted octanol–water partition coefficient (Wildman–Crippen LogP) is 0.102. The first-order valence-electron chi connectivity index (χ1n) is 5.97. The molecule has 1 aromatic heterocycles. The van der Waals surface area contributed by atoms with Crippen LogP contribution in [0.15, 0.2) is 21.7 Å². The molecule has 1 aromatic rings. The molecular weight excluding hydrogens is 304 g/mol. The van der Waals surface area contributed by atoms with Crippen LogP contribution in [0.4, 0.5) is 0 Å². The van der Waals surface area contributed by atoms with E-state index in [9.17, 15) is 18.0 Å². The van der Waals surface area contributed by atoms with Crippen LogP contribution < -0.4 is 4.72 Å². The van der Waals surface area contributed by atoms with Crippen LogP contribution in [-0.2, 0) is 19.6 Å². The van der Waals surface area contributed by atoms with Crippen LogP contribution in [0, 0.1) is 0 Å². The number of hydrogen-bond acceptors (Lipinski definition) is 5. The van der Waals surface area contributed by atoms with Crippen LogP contribution in [0.1, 0.15) is 12.8 Å². The number of rotatable bonds is 5. The van der Waals surface area contributed by atoms with Crippen molar-refractivity contribution < 1.29 is 23.1 Å². The SMILES string of the molecule is O=C(O)[C@@H]1CCCN1C(=O)CNS(=O)(=O)c1cccs1. The minimum Gasteiger partial charge on any atom is -0.480 e. The van der Waals surface area contributed by atoms with Crippen molar-refractivity contribution >= 4 is 33.2 Å². The quantitative estimate of drug-likeness (QED) is 0.801. The summed E-state index contributed by atoms with van der Waals surface area (Å²) in [6.07, 6.45) is 1.01. The molecule has 7 nitrogen and oxygen atoms in total. The van der Waals surface area contributed by atoms with Gasteiger partial charge in [0.2, 0.25) is 5.91 Å². The topological polar surface area (TPSA) is 104 Å². The first-order valence-corrected chi connectivity index (χ1v) is 8.33. The average Bonchev–Trinajstić information content (AvgIpc) is 3.06. The Labute approximate surface area is 120 Å². The molecule has 0 spiro atoms.